The van der Waals surface area contributed by atoms with Gasteiger partial charge in [0.05, 0.1) is 12.2 Å². The van der Waals surface area contributed by atoms with E-state index in [1.165, 1.54) is 0 Å². The van der Waals surface area contributed by atoms with Crippen LogP contribution in [0.25, 0.3) is 0 Å². The summed E-state index contributed by atoms with van der Waals surface area (Å²) in [7, 11) is 0. The summed E-state index contributed by atoms with van der Waals surface area (Å²) in [5, 5.41) is 0. The zero-order valence-electron chi connectivity index (χ0n) is 18.4. The summed E-state index contributed by atoms with van der Waals surface area (Å²) in [5.74, 6) is 2.20. The molecule has 0 aliphatic carbocycles. The van der Waals surface area contributed by atoms with Crippen LogP contribution in [0.4, 0.5) is 0 Å². The largest absolute Gasteiger partial charge is 0.493 e. The van der Waals surface area contributed by atoms with Gasteiger partial charge in [0.25, 0.3) is 5.91 Å². The minimum Gasteiger partial charge on any atom is -0.493 e. The van der Waals surface area contributed by atoms with E-state index in [0.29, 0.717) is 30.6 Å². The zero-order chi connectivity index (χ0) is 21.8. The summed E-state index contributed by atoms with van der Waals surface area (Å²) >= 11 is 0. The molecular weight excluding hydrogens is 390 g/mol. The lowest BCUT2D eigenvalue weighted by molar-refractivity contribution is -0.130. The highest BCUT2D eigenvalue weighted by Crippen LogP contribution is 2.36. The van der Waals surface area contributed by atoms with E-state index in [9.17, 15) is 9.59 Å². The fourth-order valence-corrected chi connectivity index (χ4v) is 4.91. The standard InChI is InChI=1S/C25H31N3O3/c1-18-8-9-21(14-26-18)25(30)28-15-22(17-31-23-6-4-3-5-7-23)24(16-28)20-10-12-27(13-11-20)19(2)29/h3-9,14,20,22,24H,10-13,15-17H2,1-2H3. The van der Waals surface area contributed by atoms with Crippen LogP contribution in [0.1, 0.15) is 35.8 Å². The van der Waals surface area contributed by atoms with E-state index in [1.54, 1.807) is 13.1 Å². The van der Waals surface area contributed by atoms with E-state index in [0.717, 1.165) is 43.9 Å². The predicted octanol–water partition coefficient (Wildman–Crippen LogP) is 3.42. The van der Waals surface area contributed by atoms with Gasteiger partial charge >= 0.3 is 0 Å². The number of nitrogens with zero attached hydrogens (tertiary/aromatic N) is 3. The highest BCUT2D eigenvalue weighted by molar-refractivity contribution is 5.94. The summed E-state index contributed by atoms with van der Waals surface area (Å²) in [4.78, 5) is 33.0. The molecule has 164 valence electrons. The first-order valence-electron chi connectivity index (χ1n) is 11.2. The minimum absolute atomic E-state index is 0.0425. The highest BCUT2D eigenvalue weighted by Gasteiger charge is 2.41. The number of ether oxygens (including phenoxy) is 1. The van der Waals surface area contributed by atoms with Crippen LogP contribution in [0, 0.1) is 24.7 Å². The predicted molar refractivity (Wildman–Crippen MR) is 119 cm³/mol. The number of rotatable bonds is 5. The molecule has 2 amide bonds. The number of likely N-dealkylation sites (tertiary alicyclic amines) is 2. The Hall–Kier alpha value is -2.89. The van der Waals surface area contributed by atoms with Crippen LogP contribution in [0.5, 0.6) is 5.75 Å². The van der Waals surface area contributed by atoms with Crippen LogP contribution in [0.2, 0.25) is 0 Å². The Morgan fingerprint density at radius 1 is 1.03 bits per heavy atom. The summed E-state index contributed by atoms with van der Waals surface area (Å²) in [5.41, 5.74) is 1.54. The molecule has 2 fully saturated rings. The lowest BCUT2D eigenvalue weighted by Crippen LogP contribution is -2.40. The smallest absolute Gasteiger partial charge is 0.255 e. The number of hydrogen-bond donors (Lipinski definition) is 0. The average Bonchev–Trinajstić information content (AvgIpc) is 3.23. The van der Waals surface area contributed by atoms with Crippen molar-refractivity contribution in [3.8, 4) is 5.75 Å². The second-order valence-corrected chi connectivity index (χ2v) is 8.79. The fourth-order valence-electron chi connectivity index (χ4n) is 4.91. The minimum atomic E-state index is 0.0425. The van der Waals surface area contributed by atoms with Gasteiger partial charge < -0.3 is 14.5 Å². The average molecular weight is 422 g/mol. The van der Waals surface area contributed by atoms with Crippen molar-refractivity contribution in [2.24, 2.45) is 17.8 Å². The van der Waals surface area contributed by atoms with Gasteiger partial charge in [0.15, 0.2) is 0 Å². The second kappa shape index (κ2) is 9.50. The normalized spacial score (nSPS) is 21.9. The quantitative estimate of drug-likeness (QED) is 0.742. The molecule has 3 heterocycles. The van der Waals surface area contributed by atoms with E-state index < -0.39 is 0 Å². The molecule has 0 saturated carbocycles. The number of pyridine rings is 1. The van der Waals surface area contributed by atoms with Crippen LogP contribution in [-0.4, -0.2) is 59.4 Å². The van der Waals surface area contributed by atoms with Crippen molar-refractivity contribution in [3.63, 3.8) is 0 Å². The van der Waals surface area contributed by atoms with Crippen LogP contribution in [0.15, 0.2) is 48.7 Å². The summed E-state index contributed by atoms with van der Waals surface area (Å²) < 4.78 is 6.11. The molecule has 0 N–H and O–H groups in total. The van der Waals surface area contributed by atoms with Gasteiger partial charge in [-0.05, 0) is 55.9 Å². The van der Waals surface area contributed by atoms with Gasteiger partial charge in [-0.15, -0.1) is 0 Å². The molecular formula is C25H31N3O3. The molecule has 2 unspecified atom stereocenters. The molecule has 0 spiro atoms. The molecule has 4 rings (SSSR count). The second-order valence-electron chi connectivity index (χ2n) is 8.79. The maximum atomic E-state index is 13.1. The monoisotopic (exact) mass is 421 g/mol. The van der Waals surface area contributed by atoms with Crippen molar-refractivity contribution in [1.29, 1.82) is 0 Å². The van der Waals surface area contributed by atoms with E-state index in [1.807, 2.05) is 59.2 Å². The molecule has 2 atom stereocenters. The Kier molecular flexibility index (Phi) is 6.54. The third kappa shape index (κ3) is 5.06. The van der Waals surface area contributed by atoms with E-state index in [4.69, 9.17) is 4.74 Å². The number of piperidine rings is 1. The number of hydrogen-bond acceptors (Lipinski definition) is 4. The number of amides is 2. The number of aryl methyl sites for hydroxylation is 1. The van der Waals surface area contributed by atoms with E-state index in [2.05, 4.69) is 4.98 Å². The van der Waals surface area contributed by atoms with Gasteiger partial charge in [0.2, 0.25) is 5.91 Å². The molecule has 0 radical (unpaired) electrons. The SMILES string of the molecule is CC(=O)N1CCC(C2CN(C(=O)c3ccc(C)nc3)CC2COc2ccccc2)CC1. The third-order valence-electron chi connectivity index (χ3n) is 6.73. The van der Waals surface area contributed by atoms with Gasteiger partial charge in [0.1, 0.15) is 5.75 Å². The molecule has 2 aliphatic heterocycles. The van der Waals surface area contributed by atoms with Gasteiger partial charge in [-0.2, -0.15) is 0 Å². The molecule has 31 heavy (non-hydrogen) atoms. The Bertz CT molecular complexity index is 892. The number of benzene rings is 1. The van der Waals surface area contributed by atoms with Crippen molar-refractivity contribution in [2.75, 3.05) is 32.8 Å². The van der Waals surface area contributed by atoms with Crippen molar-refractivity contribution in [2.45, 2.75) is 26.7 Å². The number of para-hydroxylation sites is 1. The molecule has 0 bridgehead atoms. The molecule has 2 aromatic rings. The lowest BCUT2D eigenvalue weighted by atomic mass is 9.78. The molecule has 6 heteroatoms. The molecule has 2 saturated heterocycles. The first kappa shape index (κ1) is 21.3. The topological polar surface area (TPSA) is 62.7 Å². The van der Waals surface area contributed by atoms with E-state index >= 15 is 0 Å². The number of carbonyl (C=O) groups excluding carboxylic acids is 2. The Morgan fingerprint density at radius 2 is 1.77 bits per heavy atom. The van der Waals surface area contributed by atoms with Crippen LogP contribution in [0.3, 0.4) is 0 Å². The summed E-state index contributed by atoms with van der Waals surface area (Å²) in [6, 6.07) is 13.6. The molecule has 1 aromatic heterocycles. The number of aromatic nitrogens is 1. The van der Waals surface area contributed by atoms with Crippen LogP contribution >= 0.6 is 0 Å². The first-order chi connectivity index (χ1) is 15.0. The lowest BCUT2D eigenvalue weighted by Gasteiger charge is -2.36. The van der Waals surface area contributed by atoms with Crippen LogP contribution in [-0.2, 0) is 4.79 Å². The van der Waals surface area contributed by atoms with Gasteiger partial charge in [0, 0.05) is 50.9 Å². The summed E-state index contributed by atoms with van der Waals surface area (Å²) in [6.45, 7) is 7.19. The van der Waals surface area contributed by atoms with Gasteiger partial charge in [-0.25, -0.2) is 0 Å². The van der Waals surface area contributed by atoms with E-state index in [-0.39, 0.29) is 17.7 Å². The maximum Gasteiger partial charge on any atom is 0.255 e. The molecule has 6 nitrogen and oxygen atoms in total. The maximum absolute atomic E-state index is 13.1. The Balaban J connectivity index is 1.46. The fraction of sp³-hybridized carbons (Fsp3) is 0.480. The van der Waals surface area contributed by atoms with Gasteiger partial charge in [-0.3, -0.25) is 14.6 Å². The van der Waals surface area contributed by atoms with Gasteiger partial charge in [-0.1, -0.05) is 18.2 Å². The molecule has 1 aromatic carbocycles. The van der Waals surface area contributed by atoms with Crippen molar-refractivity contribution in [3.05, 3.63) is 59.9 Å². The van der Waals surface area contributed by atoms with Crippen molar-refractivity contribution in [1.82, 2.24) is 14.8 Å². The Labute approximate surface area is 184 Å². The Morgan fingerprint density at radius 3 is 2.42 bits per heavy atom. The highest BCUT2D eigenvalue weighted by atomic mass is 16.5. The first-order valence-corrected chi connectivity index (χ1v) is 11.2. The van der Waals surface area contributed by atoms with Crippen molar-refractivity contribution >= 4 is 11.8 Å². The zero-order valence-corrected chi connectivity index (χ0v) is 18.4. The number of carbonyl (C=O) groups is 2. The van der Waals surface area contributed by atoms with Crippen molar-refractivity contribution < 1.29 is 14.3 Å². The van der Waals surface area contributed by atoms with Crippen LogP contribution < -0.4 is 4.74 Å². The third-order valence-corrected chi connectivity index (χ3v) is 6.73. The molecule has 2 aliphatic rings. The summed E-state index contributed by atoms with van der Waals surface area (Å²) in [6.07, 6.45) is 3.65.